The smallest absolute Gasteiger partial charge is 0.870 e. The van der Waals surface area contributed by atoms with Crippen LogP contribution in [-0.2, 0) is 14.3 Å². The Bertz CT molecular complexity index is 1180. The zero-order valence-corrected chi connectivity index (χ0v) is 31.6. The summed E-state index contributed by atoms with van der Waals surface area (Å²) in [4.78, 5) is 69.0. The number of rotatable bonds is 12. The van der Waals surface area contributed by atoms with E-state index in [1.54, 1.807) is 26.4 Å². The van der Waals surface area contributed by atoms with E-state index in [4.69, 9.17) is 4.74 Å². The second kappa shape index (κ2) is 24.9. The first-order valence-corrected chi connectivity index (χ1v) is 10.2. The minimum absolute atomic E-state index is 0. The van der Waals surface area contributed by atoms with E-state index in [9.17, 15) is 39.0 Å². The average molecular weight is 606 g/mol. The molecule has 0 spiro atoms. The standard InChI is InChI=1S/C24H22N2O9.4Na.2H2O/c1-13(25-21(29)19-8-16(23(31)32)4-5-17(19)10-28)11-35-12-14(2)26-22(30)20-7-15(9-27)3-6-18(20)24(33)34;;;;;;/h3-8,13-14H,11-12H2,1-2H3,(H,25,29)(H,26,30)(H,31,32)(H,33,34);;;;;2*1H2/q-2;4*+1;;/p-4. The number of hydrogen-bond acceptors (Lipinski definition) is 11. The molecular formula is C24H22N2Na4O11-2. The van der Waals surface area contributed by atoms with Crippen molar-refractivity contribution in [1.29, 1.82) is 0 Å². The number of nitrogens with one attached hydrogen (secondary N) is 2. The van der Waals surface area contributed by atoms with E-state index in [1.165, 1.54) is 6.07 Å². The first-order valence-electron chi connectivity index (χ1n) is 10.2. The molecule has 0 aromatic heterocycles. The first-order chi connectivity index (χ1) is 16.6. The van der Waals surface area contributed by atoms with E-state index in [0.717, 1.165) is 30.3 Å². The van der Waals surface area contributed by atoms with Crippen molar-refractivity contribution in [2.75, 3.05) is 13.2 Å². The van der Waals surface area contributed by atoms with E-state index in [-0.39, 0.29) is 176 Å². The van der Waals surface area contributed by atoms with Gasteiger partial charge in [-0.3, -0.25) is 9.59 Å². The van der Waals surface area contributed by atoms with Crippen LogP contribution in [0.1, 0.15) is 66.4 Å². The summed E-state index contributed by atoms with van der Waals surface area (Å²) < 4.78 is 5.47. The number of carbonyl (C=O) groups excluding carboxylic acids is 6. The Morgan fingerprint density at radius 1 is 0.732 bits per heavy atom. The Hall–Kier alpha value is -0.460. The Morgan fingerprint density at radius 3 is 1.68 bits per heavy atom. The zero-order chi connectivity index (χ0) is 26.1. The summed E-state index contributed by atoms with van der Waals surface area (Å²) in [6.07, 6.45) is 3.14. The fourth-order valence-corrected chi connectivity index (χ4v) is 3.03. The molecule has 0 aliphatic carbocycles. The van der Waals surface area contributed by atoms with Gasteiger partial charge < -0.3 is 55.7 Å². The van der Waals surface area contributed by atoms with Crippen LogP contribution in [0.4, 0.5) is 0 Å². The first kappa shape index (κ1) is 50.2. The largest absolute Gasteiger partial charge is 1.00 e. The summed E-state index contributed by atoms with van der Waals surface area (Å²) in [5.74, 6) is -4.57. The third kappa shape index (κ3) is 15.7. The molecule has 0 saturated heterocycles. The second-order valence-corrected chi connectivity index (χ2v) is 7.59. The van der Waals surface area contributed by atoms with E-state index < -0.39 is 35.8 Å². The molecule has 41 heavy (non-hydrogen) atoms. The zero-order valence-electron chi connectivity index (χ0n) is 23.6. The molecule has 0 heterocycles. The molecule has 0 aliphatic heterocycles. The number of ether oxygens (including phenoxy) is 1. The van der Waals surface area contributed by atoms with Crippen LogP contribution in [0.5, 0.6) is 0 Å². The fraction of sp³-hybridized carbons (Fsp3) is 0.250. The van der Waals surface area contributed by atoms with Gasteiger partial charge in [0, 0.05) is 12.1 Å². The van der Waals surface area contributed by atoms with Crippen LogP contribution < -0.4 is 139 Å². The summed E-state index contributed by atoms with van der Waals surface area (Å²) in [5, 5.41) is 27.3. The molecule has 4 N–H and O–H groups in total. The van der Waals surface area contributed by atoms with Crippen molar-refractivity contribution in [2.45, 2.75) is 25.9 Å². The Kier molecular flexibility index (Phi) is 30.5. The summed E-state index contributed by atoms with van der Waals surface area (Å²) in [7, 11) is 0. The number of amides is 2. The molecule has 2 atom stereocenters. The molecule has 2 unspecified atom stereocenters. The summed E-state index contributed by atoms with van der Waals surface area (Å²) >= 11 is 0. The maximum Gasteiger partial charge on any atom is 1.00 e. The van der Waals surface area contributed by atoms with Gasteiger partial charge in [0.25, 0.3) is 0 Å². The molecule has 2 rings (SSSR count). The third-order valence-corrected chi connectivity index (χ3v) is 4.70. The van der Waals surface area contributed by atoms with Gasteiger partial charge >= 0.3 is 118 Å². The minimum atomic E-state index is -1.58. The SMILES string of the molecule is CC(COCC(C)NC(=O)c1cc([C-]=O)ccc1C(=O)[O-])NC(=O)c1cc(C(=O)[O-])ccc1[C-]=O.[Na+].[Na+].[Na+].[Na+].[OH-].[OH-]. The predicted octanol–water partition coefficient (Wildman–Crippen LogP) is -14.1. The minimum Gasteiger partial charge on any atom is -0.870 e. The van der Waals surface area contributed by atoms with Gasteiger partial charge in [-0.15, -0.1) is 23.8 Å². The number of carboxylic acid groups (broad SMARTS) is 2. The van der Waals surface area contributed by atoms with Gasteiger partial charge in [-0.25, -0.2) is 0 Å². The third-order valence-electron chi connectivity index (χ3n) is 4.70. The molecule has 0 radical (unpaired) electrons. The van der Waals surface area contributed by atoms with Crippen LogP contribution in [0.25, 0.3) is 0 Å². The molecule has 2 aromatic rings. The van der Waals surface area contributed by atoms with E-state index in [0.29, 0.717) is 0 Å². The Labute approximate surface area is 324 Å². The molecular weight excluding hydrogens is 584 g/mol. The maximum atomic E-state index is 12.5. The van der Waals surface area contributed by atoms with Crippen molar-refractivity contribution in [3.05, 3.63) is 69.8 Å². The number of carboxylic acids is 2. The van der Waals surface area contributed by atoms with Crippen molar-refractivity contribution >= 4 is 36.3 Å². The van der Waals surface area contributed by atoms with Crippen LogP contribution in [0.15, 0.2) is 36.4 Å². The average Bonchev–Trinajstić information content (AvgIpc) is 2.82. The Morgan fingerprint density at radius 2 is 1.24 bits per heavy atom. The molecule has 0 bridgehead atoms. The summed E-state index contributed by atoms with van der Waals surface area (Å²) in [5.41, 5.74) is -1.24. The number of aromatic carboxylic acids is 2. The van der Waals surface area contributed by atoms with Crippen molar-refractivity contribution in [2.24, 2.45) is 0 Å². The predicted molar refractivity (Wildman–Crippen MR) is 120 cm³/mol. The normalized spacial score (nSPS) is 10.4. The van der Waals surface area contributed by atoms with Crippen LogP contribution in [0, 0.1) is 0 Å². The van der Waals surface area contributed by atoms with Gasteiger partial charge in [0.05, 0.1) is 37.7 Å². The molecule has 0 aliphatic rings. The molecule has 200 valence electrons. The molecule has 0 saturated carbocycles. The fourth-order valence-electron chi connectivity index (χ4n) is 3.03. The maximum absolute atomic E-state index is 12.5. The van der Waals surface area contributed by atoms with E-state index in [1.807, 2.05) is 0 Å². The van der Waals surface area contributed by atoms with Gasteiger partial charge in [0.2, 0.25) is 5.91 Å². The monoisotopic (exact) mass is 606 g/mol. The van der Waals surface area contributed by atoms with Gasteiger partial charge in [0.1, 0.15) is 0 Å². The topological polar surface area (TPSA) is 242 Å². The van der Waals surface area contributed by atoms with Crippen LogP contribution in [0.2, 0.25) is 0 Å². The number of carbonyl (C=O) groups is 4. The quantitative estimate of drug-likeness (QED) is 0.170. The second-order valence-electron chi connectivity index (χ2n) is 7.59. The Balaban J connectivity index is -0.000000720. The molecule has 0 fully saturated rings. The summed E-state index contributed by atoms with van der Waals surface area (Å²) in [6.45, 7) is 3.17. The van der Waals surface area contributed by atoms with Crippen LogP contribution in [-0.4, -0.2) is 72.6 Å². The van der Waals surface area contributed by atoms with E-state index in [2.05, 4.69) is 10.6 Å². The van der Waals surface area contributed by atoms with Crippen molar-refractivity contribution in [1.82, 2.24) is 10.6 Å². The van der Waals surface area contributed by atoms with Gasteiger partial charge in [0.15, 0.2) is 5.91 Å². The molecule has 17 heteroatoms. The molecule has 2 aromatic carbocycles. The molecule has 2 amide bonds. The van der Waals surface area contributed by atoms with Crippen LogP contribution >= 0.6 is 0 Å². The number of benzene rings is 2. The van der Waals surface area contributed by atoms with Crippen molar-refractivity contribution in [3.8, 4) is 0 Å². The van der Waals surface area contributed by atoms with E-state index >= 15 is 0 Å². The van der Waals surface area contributed by atoms with Gasteiger partial charge in [-0.2, -0.15) is 17.7 Å². The van der Waals surface area contributed by atoms with Crippen molar-refractivity contribution in [3.63, 3.8) is 0 Å². The van der Waals surface area contributed by atoms with Gasteiger partial charge in [-0.1, -0.05) is 11.6 Å². The van der Waals surface area contributed by atoms with Crippen molar-refractivity contribution < 1.29 is 173 Å². The van der Waals surface area contributed by atoms with Crippen LogP contribution in [0.3, 0.4) is 0 Å². The van der Waals surface area contributed by atoms with Gasteiger partial charge in [-0.05, 0) is 30.5 Å². The number of hydrogen-bond donors (Lipinski definition) is 2. The summed E-state index contributed by atoms with van der Waals surface area (Å²) in [6, 6.07) is 5.48. The molecule has 13 nitrogen and oxygen atoms in total.